The predicted octanol–water partition coefficient (Wildman–Crippen LogP) is 2.18. The summed E-state index contributed by atoms with van der Waals surface area (Å²) in [5.74, 6) is 0.687. The number of hydrogen-bond acceptors (Lipinski definition) is 4. The molecule has 0 aliphatic rings. The lowest BCUT2D eigenvalue weighted by molar-refractivity contribution is 0.113. The lowest BCUT2D eigenvalue weighted by Crippen LogP contribution is -2.49. The minimum absolute atomic E-state index is 0.0671. The van der Waals surface area contributed by atoms with E-state index in [9.17, 15) is 10.2 Å². The Balaban J connectivity index is 2.81. The smallest absolute Gasteiger partial charge is 0.124 e. The summed E-state index contributed by atoms with van der Waals surface area (Å²) in [5, 5.41) is 23.2. The summed E-state index contributed by atoms with van der Waals surface area (Å²) in [6.07, 6.45) is 0.976. The van der Waals surface area contributed by atoms with Crippen molar-refractivity contribution in [2.45, 2.75) is 45.3 Å². The van der Waals surface area contributed by atoms with E-state index >= 15 is 0 Å². The molecule has 0 aliphatic carbocycles. The molecule has 1 aromatic carbocycles. The molecule has 0 amide bonds. The Kier molecular flexibility index (Phi) is 6.46. The first kappa shape index (κ1) is 17.0. The molecule has 1 aromatic rings. The Morgan fingerprint density at radius 1 is 1.30 bits per heavy atom. The average Bonchev–Trinajstić information content (AvgIpc) is 2.49. The molecular formula is C16H27NO3. The summed E-state index contributed by atoms with van der Waals surface area (Å²) in [6.45, 7) is 6.51. The third kappa shape index (κ3) is 3.95. The third-order valence-corrected chi connectivity index (χ3v) is 4.07. The van der Waals surface area contributed by atoms with E-state index in [1.54, 1.807) is 7.11 Å². The summed E-state index contributed by atoms with van der Waals surface area (Å²) in [7, 11) is 1.60. The van der Waals surface area contributed by atoms with Crippen LogP contribution in [-0.2, 0) is 0 Å². The number of rotatable bonds is 8. The standard InChI is InChI=1S/C16H27NO3/c1-5-16(6-2,11-18)17-10-14(19)13-9-12(3)7-8-15(13)20-4/h7-9,14,17-19H,5-6,10-11H2,1-4H3. The third-order valence-electron chi connectivity index (χ3n) is 4.07. The van der Waals surface area contributed by atoms with Crippen molar-refractivity contribution in [1.82, 2.24) is 5.32 Å². The molecule has 4 heteroatoms. The summed E-state index contributed by atoms with van der Waals surface area (Å²) in [5.41, 5.74) is 1.54. The largest absolute Gasteiger partial charge is 0.496 e. The van der Waals surface area contributed by atoms with E-state index in [0.717, 1.165) is 24.0 Å². The number of β-amino-alcohol motifs (C(OH)–C–C–N with tert-alkyl or cyclic N) is 1. The molecule has 1 unspecified atom stereocenters. The summed E-state index contributed by atoms with van der Waals surface area (Å²) < 4.78 is 5.30. The molecule has 0 spiro atoms. The molecule has 20 heavy (non-hydrogen) atoms. The number of aryl methyl sites for hydroxylation is 1. The summed E-state index contributed by atoms with van der Waals surface area (Å²) >= 11 is 0. The molecule has 0 fully saturated rings. The van der Waals surface area contributed by atoms with Crippen LogP contribution < -0.4 is 10.1 Å². The second-order valence-electron chi connectivity index (χ2n) is 5.29. The average molecular weight is 281 g/mol. The van der Waals surface area contributed by atoms with Crippen molar-refractivity contribution in [2.24, 2.45) is 0 Å². The van der Waals surface area contributed by atoms with Crippen LogP contribution in [0.4, 0.5) is 0 Å². The first-order chi connectivity index (χ1) is 9.51. The van der Waals surface area contributed by atoms with Gasteiger partial charge in [-0.25, -0.2) is 0 Å². The highest BCUT2D eigenvalue weighted by Gasteiger charge is 2.26. The van der Waals surface area contributed by atoms with E-state index in [4.69, 9.17) is 4.74 Å². The summed E-state index contributed by atoms with van der Waals surface area (Å²) in [4.78, 5) is 0. The number of ether oxygens (including phenoxy) is 1. The molecule has 0 bridgehead atoms. The van der Waals surface area contributed by atoms with Crippen LogP contribution in [-0.4, -0.2) is 36.0 Å². The van der Waals surface area contributed by atoms with Gasteiger partial charge in [0.25, 0.3) is 0 Å². The molecule has 0 aromatic heterocycles. The second-order valence-corrected chi connectivity index (χ2v) is 5.29. The van der Waals surface area contributed by atoms with Crippen LogP contribution in [0.1, 0.15) is 43.9 Å². The highest BCUT2D eigenvalue weighted by atomic mass is 16.5. The van der Waals surface area contributed by atoms with E-state index in [1.807, 2.05) is 39.0 Å². The first-order valence-electron chi connectivity index (χ1n) is 7.20. The highest BCUT2D eigenvalue weighted by molar-refractivity contribution is 5.38. The van der Waals surface area contributed by atoms with Gasteiger partial charge in [-0.2, -0.15) is 0 Å². The Morgan fingerprint density at radius 3 is 2.45 bits per heavy atom. The molecule has 3 N–H and O–H groups in total. The van der Waals surface area contributed by atoms with E-state index in [-0.39, 0.29) is 12.1 Å². The van der Waals surface area contributed by atoms with Crippen molar-refractivity contribution in [1.29, 1.82) is 0 Å². The molecule has 0 saturated carbocycles. The molecule has 1 atom stereocenters. The normalized spacial score (nSPS) is 13.3. The zero-order chi connectivity index (χ0) is 15.2. The van der Waals surface area contributed by atoms with Crippen molar-refractivity contribution in [3.05, 3.63) is 29.3 Å². The SMILES string of the molecule is CCC(CC)(CO)NCC(O)c1cc(C)ccc1OC. The molecule has 0 heterocycles. The maximum atomic E-state index is 10.4. The van der Waals surface area contributed by atoms with Gasteiger partial charge in [0.15, 0.2) is 0 Å². The fourth-order valence-electron chi connectivity index (χ4n) is 2.32. The van der Waals surface area contributed by atoms with E-state index in [2.05, 4.69) is 5.32 Å². The van der Waals surface area contributed by atoms with Crippen LogP contribution in [0, 0.1) is 6.92 Å². The number of methoxy groups -OCH3 is 1. The van der Waals surface area contributed by atoms with Gasteiger partial charge in [0.1, 0.15) is 5.75 Å². The number of hydrogen-bond donors (Lipinski definition) is 3. The van der Waals surface area contributed by atoms with E-state index in [0.29, 0.717) is 12.3 Å². The fraction of sp³-hybridized carbons (Fsp3) is 0.625. The van der Waals surface area contributed by atoms with Crippen molar-refractivity contribution in [3.8, 4) is 5.75 Å². The Hall–Kier alpha value is -1.10. The van der Waals surface area contributed by atoms with Gasteiger partial charge in [0, 0.05) is 17.6 Å². The number of aliphatic hydroxyl groups excluding tert-OH is 2. The number of aliphatic hydroxyl groups is 2. The van der Waals surface area contributed by atoms with Crippen molar-refractivity contribution in [3.63, 3.8) is 0 Å². The fourth-order valence-corrected chi connectivity index (χ4v) is 2.32. The van der Waals surface area contributed by atoms with E-state index in [1.165, 1.54) is 0 Å². The van der Waals surface area contributed by atoms with Crippen LogP contribution in [0.3, 0.4) is 0 Å². The zero-order valence-corrected chi connectivity index (χ0v) is 12.9. The maximum Gasteiger partial charge on any atom is 0.124 e. The van der Waals surface area contributed by atoms with Crippen LogP contribution in [0.15, 0.2) is 18.2 Å². The molecular weight excluding hydrogens is 254 g/mol. The lowest BCUT2D eigenvalue weighted by atomic mass is 9.93. The van der Waals surface area contributed by atoms with Gasteiger partial charge in [-0.05, 0) is 31.9 Å². The Morgan fingerprint density at radius 2 is 1.95 bits per heavy atom. The number of benzene rings is 1. The van der Waals surface area contributed by atoms with Crippen molar-refractivity contribution >= 4 is 0 Å². The highest BCUT2D eigenvalue weighted by Crippen LogP contribution is 2.26. The van der Waals surface area contributed by atoms with Crippen molar-refractivity contribution < 1.29 is 14.9 Å². The minimum Gasteiger partial charge on any atom is -0.496 e. The molecule has 1 rings (SSSR count). The van der Waals surface area contributed by atoms with Gasteiger partial charge in [0.05, 0.1) is 19.8 Å². The first-order valence-corrected chi connectivity index (χ1v) is 7.20. The lowest BCUT2D eigenvalue weighted by Gasteiger charge is -2.32. The molecule has 4 nitrogen and oxygen atoms in total. The summed E-state index contributed by atoms with van der Waals surface area (Å²) in [6, 6.07) is 5.76. The maximum absolute atomic E-state index is 10.4. The van der Waals surface area contributed by atoms with Crippen LogP contribution in [0.25, 0.3) is 0 Å². The zero-order valence-electron chi connectivity index (χ0n) is 12.9. The molecule has 0 aliphatic heterocycles. The molecule has 0 radical (unpaired) electrons. The van der Waals surface area contributed by atoms with Crippen molar-refractivity contribution in [2.75, 3.05) is 20.3 Å². The molecule has 0 saturated heterocycles. The second kappa shape index (κ2) is 7.62. The van der Waals surface area contributed by atoms with Gasteiger partial charge in [-0.15, -0.1) is 0 Å². The van der Waals surface area contributed by atoms with Gasteiger partial charge in [-0.3, -0.25) is 0 Å². The quantitative estimate of drug-likeness (QED) is 0.683. The Labute approximate surface area is 121 Å². The Bertz CT molecular complexity index is 408. The minimum atomic E-state index is -0.658. The molecule has 114 valence electrons. The van der Waals surface area contributed by atoms with Crippen LogP contribution in [0.2, 0.25) is 0 Å². The van der Waals surface area contributed by atoms with Crippen LogP contribution >= 0.6 is 0 Å². The van der Waals surface area contributed by atoms with Crippen LogP contribution in [0.5, 0.6) is 5.75 Å². The van der Waals surface area contributed by atoms with Gasteiger partial charge in [-0.1, -0.05) is 25.5 Å². The van der Waals surface area contributed by atoms with Gasteiger partial charge >= 0.3 is 0 Å². The van der Waals surface area contributed by atoms with Gasteiger partial charge in [0.2, 0.25) is 0 Å². The van der Waals surface area contributed by atoms with E-state index < -0.39 is 6.10 Å². The number of nitrogens with one attached hydrogen (secondary N) is 1. The topological polar surface area (TPSA) is 61.7 Å². The predicted molar refractivity (Wildman–Crippen MR) is 81.1 cm³/mol. The van der Waals surface area contributed by atoms with Gasteiger partial charge < -0.3 is 20.3 Å². The monoisotopic (exact) mass is 281 g/mol.